The van der Waals surface area contributed by atoms with Gasteiger partial charge in [-0.3, -0.25) is 0 Å². The number of aliphatic hydroxyl groups is 2. The van der Waals surface area contributed by atoms with E-state index in [0.717, 1.165) is 25.9 Å². The van der Waals surface area contributed by atoms with Crippen LogP contribution < -0.4 is 10.6 Å². The lowest BCUT2D eigenvalue weighted by Gasteiger charge is -2.37. The predicted octanol–water partition coefficient (Wildman–Crippen LogP) is 1.14. The maximum atomic E-state index is 10.7. The fourth-order valence-electron chi connectivity index (χ4n) is 3.92. The molecular formula is C20H24N2O2. The van der Waals surface area contributed by atoms with Crippen LogP contribution in [-0.2, 0) is 25.9 Å². The molecule has 2 heterocycles. The molecule has 2 aliphatic heterocycles. The summed E-state index contributed by atoms with van der Waals surface area (Å²) < 4.78 is 0. The van der Waals surface area contributed by atoms with Crippen molar-refractivity contribution >= 4 is 0 Å². The Morgan fingerprint density at radius 1 is 0.667 bits per heavy atom. The lowest BCUT2D eigenvalue weighted by atomic mass is 9.86. The topological polar surface area (TPSA) is 64.5 Å². The van der Waals surface area contributed by atoms with Gasteiger partial charge in [-0.1, -0.05) is 48.5 Å². The highest BCUT2D eigenvalue weighted by Crippen LogP contribution is 2.23. The Bertz CT molecular complexity index is 657. The minimum absolute atomic E-state index is 0.117. The Morgan fingerprint density at radius 2 is 1.04 bits per heavy atom. The van der Waals surface area contributed by atoms with Crippen molar-refractivity contribution in [1.29, 1.82) is 0 Å². The van der Waals surface area contributed by atoms with Crippen LogP contribution in [0.5, 0.6) is 0 Å². The van der Waals surface area contributed by atoms with E-state index in [0.29, 0.717) is 0 Å². The molecule has 2 aromatic rings. The van der Waals surface area contributed by atoms with Crippen molar-refractivity contribution in [3.63, 3.8) is 0 Å². The quantitative estimate of drug-likeness (QED) is 0.684. The van der Waals surface area contributed by atoms with E-state index in [9.17, 15) is 10.2 Å². The molecule has 0 aromatic heterocycles. The number of fused-ring (bicyclic) bond motifs is 2. The third-order valence-electron chi connectivity index (χ3n) is 5.40. The Morgan fingerprint density at radius 3 is 1.46 bits per heavy atom. The smallest absolute Gasteiger partial charge is 0.0970 e. The highest BCUT2D eigenvalue weighted by Gasteiger charge is 2.35. The number of nitrogens with one attached hydrogen (secondary N) is 2. The molecule has 0 spiro atoms. The maximum absolute atomic E-state index is 10.7. The fraction of sp³-hybridized carbons (Fsp3) is 0.400. The minimum atomic E-state index is -0.791. The van der Waals surface area contributed by atoms with Gasteiger partial charge in [0.15, 0.2) is 0 Å². The first-order chi connectivity index (χ1) is 11.7. The summed E-state index contributed by atoms with van der Waals surface area (Å²) in [6.07, 6.45) is -0.0858. The van der Waals surface area contributed by atoms with Crippen molar-refractivity contribution in [2.24, 2.45) is 0 Å². The fourth-order valence-corrected chi connectivity index (χ4v) is 3.92. The van der Waals surface area contributed by atoms with Crippen molar-refractivity contribution in [2.45, 2.75) is 50.2 Å². The molecular weight excluding hydrogens is 300 g/mol. The molecule has 4 rings (SSSR count). The van der Waals surface area contributed by atoms with Crippen molar-refractivity contribution < 1.29 is 10.2 Å². The molecule has 4 N–H and O–H groups in total. The number of hydrogen-bond donors (Lipinski definition) is 4. The second-order valence-corrected chi connectivity index (χ2v) is 6.90. The molecule has 0 amide bonds. The Labute approximate surface area is 142 Å². The lowest BCUT2D eigenvalue weighted by molar-refractivity contribution is -0.0270. The number of benzene rings is 2. The van der Waals surface area contributed by atoms with Crippen LogP contribution >= 0.6 is 0 Å². The minimum Gasteiger partial charge on any atom is -0.389 e. The van der Waals surface area contributed by atoms with Gasteiger partial charge in [0.2, 0.25) is 0 Å². The molecule has 24 heavy (non-hydrogen) atoms. The third kappa shape index (κ3) is 2.98. The summed E-state index contributed by atoms with van der Waals surface area (Å²) in [5, 5.41) is 28.2. The zero-order valence-corrected chi connectivity index (χ0v) is 13.7. The van der Waals surface area contributed by atoms with Gasteiger partial charge in [0.1, 0.15) is 0 Å². The Balaban J connectivity index is 1.45. The Hall–Kier alpha value is -1.72. The molecule has 0 saturated heterocycles. The highest BCUT2D eigenvalue weighted by atomic mass is 16.3. The molecule has 0 fully saturated rings. The van der Waals surface area contributed by atoms with E-state index in [1.807, 2.05) is 24.3 Å². The summed E-state index contributed by atoms with van der Waals surface area (Å²) in [6, 6.07) is 16.3. The largest absolute Gasteiger partial charge is 0.389 e. The molecule has 0 saturated carbocycles. The van der Waals surface area contributed by atoms with E-state index in [1.165, 1.54) is 22.3 Å². The van der Waals surface area contributed by atoms with Crippen molar-refractivity contribution in [3.05, 3.63) is 70.8 Å². The van der Waals surface area contributed by atoms with Crippen molar-refractivity contribution in [3.8, 4) is 0 Å². The molecule has 0 radical (unpaired) electrons. The molecule has 0 bridgehead atoms. The van der Waals surface area contributed by atoms with Gasteiger partial charge in [0.05, 0.1) is 12.2 Å². The third-order valence-corrected chi connectivity index (χ3v) is 5.40. The van der Waals surface area contributed by atoms with Crippen LogP contribution in [0.1, 0.15) is 22.3 Å². The zero-order valence-electron chi connectivity index (χ0n) is 13.7. The van der Waals surface area contributed by atoms with Crippen LogP contribution in [0.25, 0.3) is 0 Å². The summed E-state index contributed by atoms with van der Waals surface area (Å²) in [7, 11) is 0. The second-order valence-electron chi connectivity index (χ2n) is 6.90. The second kappa shape index (κ2) is 6.65. The molecule has 2 aromatic carbocycles. The molecule has 4 atom stereocenters. The first-order valence-corrected chi connectivity index (χ1v) is 8.69. The molecule has 4 heteroatoms. The van der Waals surface area contributed by atoms with Gasteiger partial charge in [0, 0.05) is 25.2 Å². The van der Waals surface area contributed by atoms with E-state index in [2.05, 4.69) is 34.9 Å². The van der Waals surface area contributed by atoms with Gasteiger partial charge in [-0.25, -0.2) is 0 Å². The zero-order chi connectivity index (χ0) is 16.5. The van der Waals surface area contributed by atoms with Crippen LogP contribution in [-0.4, -0.2) is 34.5 Å². The van der Waals surface area contributed by atoms with Gasteiger partial charge >= 0.3 is 0 Å². The van der Waals surface area contributed by atoms with Crippen LogP contribution in [0, 0.1) is 0 Å². The first kappa shape index (κ1) is 15.8. The van der Waals surface area contributed by atoms with Crippen molar-refractivity contribution in [1.82, 2.24) is 10.6 Å². The van der Waals surface area contributed by atoms with Crippen LogP contribution in [0.2, 0.25) is 0 Å². The van der Waals surface area contributed by atoms with E-state index < -0.39 is 12.2 Å². The number of hydrogen-bond acceptors (Lipinski definition) is 4. The molecule has 2 aliphatic rings. The summed E-state index contributed by atoms with van der Waals surface area (Å²) >= 11 is 0. The summed E-state index contributed by atoms with van der Waals surface area (Å²) in [5.41, 5.74) is 5.07. The summed E-state index contributed by atoms with van der Waals surface area (Å²) in [6.45, 7) is 1.48. The van der Waals surface area contributed by atoms with Gasteiger partial charge in [-0.2, -0.15) is 0 Å². The first-order valence-electron chi connectivity index (χ1n) is 8.69. The normalized spacial score (nSPS) is 25.4. The standard InChI is InChI=1S/C20H24N2O2/c23-19(17-9-13-5-1-3-7-15(13)11-21-17)20(24)18-10-14-6-2-4-8-16(14)12-22-18/h1-8,17-24H,9-12H2. The monoisotopic (exact) mass is 324 g/mol. The number of aliphatic hydroxyl groups excluding tert-OH is 2. The molecule has 4 unspecified atom stereocenters. The molecule has 0 aliphatic carbocycles. The number of rotatable bonds is 3. The van der Waals surface area contributed by atoms with Gasteiger partial charge in [-0.15, -0.1) is 0 Å². The van der Waals surface area contributed by atoms with Crippen LogP contribution in [0.4, 0.5) is 0 Å². The average Bonchev–Trinajstić information content (AvgIpc) is 2.66. The average molecular weight is 324 g/mol. The Kier molecular flexibility index (Phi) is 4.37. The molecule has 126 valence electrons. The molecule has 4 nitrogen and oxygen atoms in total. The summed E-state index contributed by atoms with van der Waals surface area (Å²) in [4.78, 5) is 0. The van der Waals surface area contributed by atoms with E-state index in [4.69, 9.17) is 0 Å². The predicted molar refractivity (Wildman–Crippen MR) is 93.6 cm³/mol. The van der Waals surface area contributed by atoms with Crippen LogP contribution in [0.3, 0.4) is 0 Å². The van der Waals surface area contributed by atoms with E-state index >= 15 is 0 Å². The lowest BCUT2D eigenvalue weighted by Crippen LogP contribution is -2.57. The SMILES string of the molecule is OC(C1Cc2ccccc2CN1)C(O)C1Cc2ccccc2CN1. The van der Waals surface area contributed by atoms with Crippen molar-refractivity contribution in [2.75, 3.05) is 0 Å². The van der Waals surface area contributed by atoms with E-state index in [1.54, 1.807) is 0 Å². The van der Waals surface area contributed by atoms with Gasteiger partial charge in [-0.05, 0) is 35.1 Å². The van der Waals surface area contributed by atoms with E-state index in [-0.39, 0.29) is 12.1 Å². The summed E-state index contributed by atoms with van der Waals surface area (Å²) in [5.74, 6) is 0. The maximum Gasteiger partial charge on any atom is 0.0970 e. The van der Waals surface area contributed by atoms with Gasteiger partial charge < -0.3 is 20.8 Å². The van der Waals surface area contributed by atoms with Crippen LogP contribution in [0.15, 0.2) is 48.5 Å². The van der Waals surface area contributed by atoms with Gasteiger partial charge in [0.25, 0.3) is 0 Å². The highest BCUT2D eigenvalue weighted by molar-refractivity contribution is 5.32.